The minimum absolute atomic E-state index is 0.613. The molecule has 0 amide bonds. The summed E-state index contributed by atoms with van der Waals surface area (Å²) in [5.74, 6) is 17.2. The van der Waals surface area contributed by atoms with Gasteiger partial charge in [0.2, 0.25) is 0 Å². The molecule has 0 aliphatic heterocycles. The Kier molecular flexibility index (Phi) is 28.7. The molecule has 0 spiro atoms. The second-order valence-corrected chi connectivity index (χ2v) is 23.8. The van der Waals surface area contributed by atoms with Gasteiger partial charge in [-0.15, -0.1) is 0 Å². The zero-order chi connectivity index (χ0) is 53.6. The molecular weight excluding hydrogens is 933 g/mol. The summed E-state index contributed by atoms with van der Waals surface area (Å²) >= 11 is 1.24. The first-order valence-corrected chi connectivity index (χ1v) is 31.5. The fourth-order valence-corrected chi connectivity index (χ4v) is 11.0. The Labute approximate surface area is 463 Å². The molecule has 75 heavy (non-hydrogen) atoms. The number of hydrogen-bond donors (Lipinski definition) is 0. The van der Waals surface area contributed by atoms with Gasteiger partial charge in [-0.3, -0.25) is 0 Å². The van der Waals surface area contributed by atoms with Gasteiger partial charge in [-0.1, -0.05) is 208 Å². The van der Waals surface area contributed by atoms with Gasteiger partial charge in [0.25, 0.3) is 0 Å². The minimum Gasteiger partial charge on any atom is -0.372 e. The van der Waals surface area contributed by atoms with Crippen LogP contribution in [-0.4, -0.2) is 44.9 Å². The van der Waals surface area contributed by atoms with Crippen LogP contribution in [0.15, 0.2) is 48.5 Å². The lowest BCUT2D eigenvalue weighted by molar-refractivity contribution is 0.429. The standard InChI is InChI=1S/C68H102N6S/c1-11-15-19-23-49-73(50-24-20-16-12-2)59-41-35-57(36-42-59)39-45-61-65-66(70-64(48-34-56(10)32-28-30-54(7)8)63(69-65)47-33-55(9)31-27-29-53(5)6)62(68-67(61)71-75-72-68)46-40-58-37-43-60(44-38-58)74(51-25-21-17-13-3)52-26-22-18-14-4/h35-38,41-44,53-56H,11-34,47-52H2,1-10H3. The number of unbranched alkanes of at least 4 members (excludes halogenated alkanes) is 12. The van der Waals surface area contributed by atoms with Crippen LogP contribution in [0.25, 0.3) is 22.1 Å². The molecule has 3 aromatic carbocycles. The Bertz CT molecular complexity index is 2290. The molecular formula is C68H102N6S. The number of aryl methyl sites for hydroxylation is 2. The molecule has 0 radical (unpaired) electrons. The molecule has 0 N–H and O–H groups in total. The first-order chi connectivity index (χ1) is 36.5. The van der Waals surface area contributed by atoms with E-state index in [2.05, 4.69) is 151 Å². The molecule has 5 aromatic rings. The first kappa shape index (κ1) is 61.4. The lowest BCUT2D eigenvalue weighted by Crippen LogP contribution is -2.25. The number of rotatable bonds is 36. The van der Waals surface area contributed by atoms with Gasteiger partial charge in [0.1, 0.15) is 22.1 Å². The van der Waals surface area contributed by atoms with Crippen LogP contribution in [0.4, 0.5) is 11.4 Å². The Morgan fingerprint density at radius 3 is 1.05 bits per heavy atom. The Morgan fingerprint density at radius 1 is 0.387 bits per heavy atom. The van der Waals surface area contributed by atoms with Gasteiger partial charge in [-0.05, 0) is 124 Å². The van der Waals surface area contributed by atoms with Gasteiger partial charge in [0.15, 0.2) is 0 Å². The van der Waals surface area contributed by atoms with E-state index in [9.17, 15) is 0 Å². The Morgan fingerprint density at radius 2 is 0.733 bits per heavy atom. The van der Waals surface area contributed by atoms with Crippen molar-refractivity contribution < 1.29 is 0 Å². The average Bonchev–Trinajstić information content (AvgIpc) is 3.91. The van der Waals surface area contributed by atoms with Crippen molar-refractivity contribution in [3.63, 3.8) is 0 Å². The molecule has 0 fully saturated rings. The van der Waals surface area contributed by atoms with E-state index in [1.165, 1.54) is 164 Å². The second kappa shape index (κ2) is 35.1. The van der Waals surface area contributed by atoms with Crippen LogP contribution in [0.2, 0.25) is 0 Å². The van der Waals surface area contributed by atoms with Crippen LogP contribution in [0.3, 0.4) is 0 Å². The zero-order valence-corrected chi connectivity index (χ0v) is 50.0. The Balaban J connectivity index is 1.59. The van der Waals surface area contributed by atoms with Crippen molar-refractivity contribution in [3.8, 4) is 23.7 Å². The third kappa shape index (κ3) is 21.5. The highest BCUT2D eigenvalue weighted by Crippen LogP contribution is 2.32. The highest BCUT2D eigenvalue weighted by molar-refractivity contribution is 7.00. The van der Waals surface area contributed by atoms with Crippen molar-refractivity contribution in [2.75, 3.05) is 36.0 Å². The first-order valence-electron chi connectivity index (χ1n) is 30.8. The zero-order valence-electron chi connectivity index (χ0n) is 49.2. The van der Waals surface area contributed by atoms with Crippen LogP contribution >= 0.6 is 11.7 Å². The molecule has 0 bridgehead atoms. The SMILES string of the molecule is CCCCCCN(CCCCCC)c1ccc(C#Cc2c3nsnc3c(C#Cc3ccc(N(CCCCCC)CCCCCC)cc3)c3nc(CCC(C)CCCC(C)C)c(CCC(C)CCCC(C)C)nc23)cc1. The quantitative estimate of drug-likeness (QED) is 0.0294. The molecule has 0 aliphatic rings. The van der Waals surface area contributed by atoms with Crippen LogP contribution < -0.4 is 9.80 Å². The molecule has 0 aliphatic carbocycles. The van der Waals surface area contributed by atoms with E-state index < -0.39 is 0 Å². The fraction of sp³-hybridized carbons (Fsp3) is 0.647. The summed E-state index contributed by atoms with van der Waals surface area (Å²) in [6.07, 6.45) is 31.9. The molecule has 2 heterocycles. The third-order valence-electron chi connectivity index (χ3n) is 15.4. The summed E-state index contributed by atoms with van der Waals surface area (Å²) < 4.78 is 9.95. The average molecular weight is 1040 g/mol. The summed E-state index contributed by atoms with van der Waals surface area (Å²) in [7, 11) is 0. The minimum atomic E-state index is 0.613. The van der Waals surface area contributed by atoms with Crippen molar-refractivity contribution in [2.24, 2.45) is 23.7 Å². The van der Waals surface area contributed by atoms with Gasteiger partial charge in [-0.2, -0.15) is 8.75 Å². The van der Waals surface area contributed by atoms with Crippen molar-refractivity contribution in [1.82, 2.24) is 18.7 Å². The maximum atomic E-state index is 5.69. The normalized spacial score (nSPS) is 12.3. The highest BCUT2D eigenvalue weighted by atomic mass is 32.1. The maximum absolute atomic E-state index is 5.69. The number of aromatic nitrogens is 4. The molecule has 0 saturated carbocycles. The van der Waals surface area contributed by atoms with Crippen LogP contribution in [-0.2, 0) is 12.8 Å². The number of benzene rings is 3. The van der Waals surface area contributed by atoms with E-state index in [1.807, 2.05) is 0 Å². The molecule has 7 heteroatoms. The second-order valence-electron chi connectivity index (χ2n) is 23.3. The monoisotopic (exact) mass is 1030 g/mol. The number of fused-ring (bicyclic) bond motifs is 2. The molecule has 0 saturated heterocycles. The van der Waals surface area contributed by atoms with Crippen LogP contribution in [0.5, 0.6) is 0 Å². The van der Waals surface area contributed by atoms with Gasteiger partial charge < -0.3 is 9.80 Å². The summed E-state index contributed by atoms with van der Waals surface area (Å²) in [6.45, 7) is 27.8. The van der Waals surface area contributed by atoms with Gasteiger partial charge in [0.05, 0.1) is 34.2 Å². The summed E-state index contributed by atoms with van der Waals surface area (Å²) in [5, 5.41) is 0. The van der Waals surface area contributed by atoms with Crippen LogP contribution in [0, 0.1) is 47.4 Å². The lowest BCUT2D eigenvalue weighted by Gasteiger charge is -2.25. The predicted octanol–water partition coefficient (Wildman–Crippen LogP) is 19.2. The van der Waals surface area contributed by atoms with E-state index in [4.69, 9.17) is 18.7 Å². The van der Waals surface area contributed by atoms with Crippen molar-refractivity contribution >= 4 is 45.2 Å². The number of anilines is 2. The maximum Gasteiger partial charge on any atom is 0.124 e. The van der Waals surface area contributed by atoms with E-state index in [0.717, 1.165) is 119 Å². The summed E-state index contributed by atoms with van der Waals surface area (Å²) in [6, 6.07) is 17.9. The van der Waals surface area contributed by atoms with Gasteiger partial charge in [0, 0.05) is 48.7 Å². The van der Waals surface area contributed by atoms with E-state index in [1.54, 1.807) is 0 Å². The Hall–Kier alpha value is -4.46. The fourth-order valence-electron chi connectivity index (χ4n) is 10.5. The summed E-state index contributed by atoms with van der Waals surface area (Å²) in [5.41, 5.74) is 11.6. The van der Waals surface area contributed by atoms with Crippen molar-refractivity contribution in [3.05, 3.63) is 82.2 Å². The summed E-state index contributed by atoms with van der Waals surface area (Å²) in [4.78, 5) is 16.6. The molecule has 2 atom stereocenters. The highest BCUT2D eigenvalue weighted by Gasteiger charge is 2.22. The van der Waals surface area contributed by atoms with Gasteiger partial charge >= 0.3 is 0 Å². The largest absolute Gasteiger partial charge is 0.372 e. The number of nitrogens with zero attached hydrogens (tertiary/aromatic N) is 6. The van der Waals surface area contributed by atoms with E-state index in [-0.39, 0.29) is 0 Å². The molecule has 6 nitrogen and oxygen atoms in total. The van der Waals surface area contributed by atoms with Crippen LogP contribution in [0.1, 0.15) is 257 Å². The number of hydrogen-bond acceptors (Lipinski definition) is 7. The molecule has 410 valence electrons. The van der Waals surface area contributed by atoms with E-state index in [0.29, 0.717) is 11.8 Å². The van der Waals surface area contributed by atoms with Gasteiger partial charge in [-0.25, -0.2) is 9.97 Å². The van der Waals surface area contributed by atoms with E-state index >= 15 is 0 Å². The van der Waals surface area contributed by atoms with Crippen molar-refractivity contribution in [1.29, 1.82) is 0 Å². The van der Waals surface area contributed by atoms with Crippen molar-refractivity contribution in [2.45, 2.75) is 236 Å². The predicted molar refractivity (Wildman–Crippen MR) is 329 cm³/mol. The molecule has 2 unspecified atom stereocenters. The third-order valence-corrected chi connectivity index (χ3v) is 16.0. The molecule has 2 aromatic heterocycles. The topological polar surface area (TPSA) is 58.0 Å². The smallest absolute Gasteiger partial charge is 0.124 e. The molecule has 5 rings (SSSR count). The lowest BCUT2D eigenvalue weighted by atomic mass is 9.92.